The number of rotatable bonds is 8. The summed E-state index contributed by atoms with van der Waals surface area (Å²) < 4.78 is 27.5. The number of nitrogens with zero attached hydrogens (tertiary/aromatic N) is 1. The highest BCUT2D eigenvalue weighted by Crippen LogP contribution is 2.14. The number of carbonyl (C=O) groups is 1. The average molecular weight is 375 g/mol. The fourth-order valence-electron chi connectivity index (χ4n) is 2.56. The van der Waals surface area contributed by atoms with Gasteiger partial charge in [0, 0.05) is 25.7 Å². The highest BCUT2D eigenvalue weighted by atomic mass is 32.2. The predicted molar refractivity (Wildman–Crippen MR) is 104 cm³/mol. The standard InChI is InChI=1S/C20H26N2O3S/c1-4-5-14-22(3)20(23)17-10-12-19(13-11-17)26(24,25)21-15-18-9-7-6-8-16(18)2/h6-13,21H,4-5,14-15H2,1-3H3. The van der Waals surface area contributed by atoms with E-state index in [4.69, 9.17) is 0 Å². The number of sulfonamides is 1. The van der Waals surface area contributed by atoms with Crippen molar-refractivity contribution in [2.75, 3.05) is 13.6 Å². The number of hydrogen-bond donors (Lipinski definition) is 1. The van der Waals surface area contributed by atoms with Gasteiger partial charge in [-0.05, 0) is 48.7 Å². The van der Waals surface area contributed by atoms with E-state index in [2.05, 4.69) is 11.6 Å². The van der Waals surface area contributed by atoms with E-state index in [9.17, 15) is 13.2 Å². The Labute approximate surface area is 156 Å². The molecule has 2 aromatic carbocycles. The summed E-state index contributed by atoms with van der Waals surface area (Å²) in [5, 5.41) is 0. The summed E-state index contributed by atoms with van der Waals surface area (Å²) in [6.07, 6.45) is 1.96. The Hall–Kier alpha value is -2.18. The van der Waals surface area contributed by atoms with E-state index >= 15 is 0 Å². The van der Waals surface area contributed by atoms with Crippen LogP contribution in [0.2, 0.25) is 0 Å². The van der Waals surface area contributed by atoms with Gasteiger partial charge in [0.15, 0.2) is 0 Å². The molecule has 2 rings (SSSR count). The molecule has 1 N–H and O–H groups in total. The molecule has 0 unspecified atom stereocenters. The van der Waals surface area contributed by atoms with Crippen LogP contribution in [0.5, 0.6) is 0 Å². The van der Waals surface area contributed by atoms with Gasteiger partial charge in [-0.25, -0.2) is 13.1 Å². The quantitative estimate of drug-likeness (QED) is 0.771. The van der Waals surface area contributed by atoms with E-state index in [1.807, 2.05) is 31.2 Å². The smallest absolute Gasteiger partial charge is 0.253 e. The van der Waals surface area contributed by atoms with Crippen molar-refractivity contribution in [2.24, 2.45) is 0 Å². The van der Waals surface area contributed by atoms with Crippen molar-refractivity contribution in [3.63, 3.8) is 0 Å². The zero-order chi connectivity index (χ0) is 19.2. The lowest BCUT2D eigenvalue weighted by atomic mass is 10.1. The second kappa shape index (κ2) is 8.96. The Morgan fingerprint density at radius 1 is 1.08 bits per heavy atom. The fraction of sp³-hybridized carbons (Fsp3) is 0.350. The number of aryl methyl sites for hydroxylation is 1. The van der Waals surface area contributed by atoms with Crippen LogP contribution in [0.4, 0.5) is 0 Å². The number of amides is 1. The molecule has 0 fully saturated rings. The van der Waals surface area contributed by atoms with Crippen molar-refractivity contribution in [1.29, 1.82) is 0 Å². The second-order valence-electron chi connectivity index (χ2n) is 6.36. The first-order valence-corrected chi connectivity index (χ1v) is 10.2. The minimum absolute atomic E-state index is 0.102. The molecule has 0 saturated heterocycles. The zero-order valence-electron chi connectivity index (χ0n) is 15.5. The van der Waals surface area contributed by atoms with Gasteiger partial charge in [-0.15, -0.1) is 0 Å². The highest BCUT2D eigenvalue weighted by molar-refractivity contribution is 7.89. The van der Waals surface area contributed by atoms with E-state index in [0.717, 1.165) is 24.0 Å². The molecule has 2 aromatic rings. The van der Waals surface area contributed by atoms with Crippen LogP contribution >= 0.6 is 0 Å². The van der Waals surface area contributed by atoms with Crippen molar-refractivity contribution >= 4 is 15.9 Å². The van der Waals surface area contributed by atoms with Crippen LogP contribution in [0.15, 0.2) is 53.4 Å². The Morgan fingerprint density at radius 2 is 1.73 bits per heavy atom. The summed E-state index contributed by atoms with van der Waals surface area (Å²) in [4.78, 5) is 14.1. The lowest BCUT2D eigenvalue weighted by Crippen LogP contribution is -2.28. The van der Waals surface area contributed by atoms with Gasteiger partial charge in [-0.2, -0.15) is 0 Å². The molecule has 0 aromatic heterocycles. The summed E-state index contributed by atoms with van der Waals surface area (Å²) in [5.74, 6) is -0.102. The molecule has 0 atom stereocenters. The van der Waals surface area contributed by atoms with Gasteiger partial charge in [0.2, 0.25) is 10.0 Å². The van der Waals surface area contributed by atoms with E-state index in [-0.39, 0.29) is 17.3 Å². The SMILES string of the molecule is CCCCN(C)C(=O)c1ccc(S(=O)(=O)NCc2ccccc2C)cc1. The largest absolute Gasteiger partial charge is 0.342 e. The maximum absolute atomic E-state index is 12.5. The molecule has 0 saturated carbocycles. The van der Waals surface area contributed by atoms with Gasteiger partial charge in [-0.1, -0.05) is 37.6 Å². The lowest BCUT2D eigenvalue weighted by Gasteiger charge is -2.17. The summed E-state index contributed by atoms with van der Waals surface area (Å²) >= 11 is 0. The summed E-state index contributed by atoms with van der Waals surface area (Å²) in [6.45, 7) is 4.93. The third kappa shape index (κ3) is 5.16. The van der Waals surface area contributed by atoms with Crippen molar-refractivity contribution in [2.45, 2.75) is 38.1 Å². The maximum atomic E-state index is 12.5. The highest BCUT2D eigenvalue weighted by Gasteiger charge is 2.16. The van der Waals surface area contributed by atoms with E-state index in [1.54, 1.807) is 24.1 Å². The van der Waals surface area contributed by atoms with Crippen LogP contribution in [0.1, 0.15) is 41.3 Å². The average Bonchev–Trinajstić information content (AvgIpc) is 2.65. The Kier molecular flexibility index (Phi) is 6.94. The van der Waals surface area contributed by atoms with E-state index in [0.29, 0.717) is 12.1 Å². The third-order valence-corrected chi connectivity index (χ3v) is 5.74. The summed E-state index contributed by atoms with van der Waals surface area (Å²) in [6, 6.07) is 13.7. The van der Waals surface area contributed by atoms with Crippen LogP contribution in [-0.4, -0.2) is 32.8 Å². The molecule has 1 amide bonds. The third-order valence-electron chi connectivity index (χ3n) is 4.32. The topological polar surface area (TPSA) is 66.5 Å². The van der Waals surface area contributed by atoms with Gasteiger partial charge in [-0.3, -0.25) is 4.79 Å². The number of hydrogen-bond acceptors (Lipinski definition) is 3. The van der Waals surface area contributed by atoms with Gasteiger partial charge >= 0.3 is 0 Å². The molecule has 26 heavy (non-hydrogen) atoms. The Bertz CT molecular complexity index is 846. The molecule has 0 spiro atoms. The normalized spacial score (nSPS) is 11.3. The number of unbranched alkanes of at least 4 members (excludes halogenated alkanes) is 1. The summed E-state index contributed by atoms with van der Waals surface area (Å²) in [7, 11) is -1.87. The van der Waals surface area contributed by atoms with E-state index < -0.39 is 10.0 Å². The molecular formula is C20H26N2O3S. The maximum Gasteiger partial charge on any atom is 0.253 e. The number of benzene rings is 2. The minimum atomic E-state index is -3.63. The molecule has 0 aliphatic rings. The van der Waals surface area contributed by atoms with Crippen LogP contribution in [0.3, 0.4) is 0 Å². The molecule has 0 aliphatic carbocycles. The lowest BCUT2D eigenvalue weighted by molar-refractivity contribution is 0.0793. The molecular weight excluding hydrogens is 348 g/mol. The van der Waals surface area contributed by atoms with Crippen LogP contribution in [0, 0.1) is 6.92 Å². The van der Waals surface area contributed by atoms with Crippen molar-refractivity contribution in [3.05, 3.63) is 65.2 Å². The minimum Gasteiger partial charge on any atom is -0.342 e. The van der Waals surface area contributed by atoms with Gasteiger partial charge in [0.25, 0.3) is 5.91 Å². The predicted octanol–water partition coefficient (Wildman–Crippen LogP) is 3.35. The molecule has 0 radical (unpaired) electrons. The Balaban J connectivity index is 2.06. The first-order valence-electron chi connectivity index (χ1n) is 8.75. The first kappa shape index (κ1) is 20.1. The number of nitrogens with one attached hydrogen (secondary N) is 1. The van der Waals surface area contributed by atoms with Gasteiger partial charge in [0.1, 0.15) is 0 Å². The molecule has 6 heteroatoms. The fourth-order valence-corrected chi connectivity index (χ4v) is 3.56. The monoisotopic (exact) mass is 374 g/mol. The molecule has 140 valence electrons. The molecule has 0 heterocycles. The second-order valence-corrected chi connectivity index (χ2v) is 8.12. The van der Waals surface area contributed by atoms with Gasteiger partial charge < -0.3 is 4.90 Å². The molecule has 0 aliphatic heterocycles. The summed E-state index contributed by atoms with van der Waals surface area (Å²) in [5.41, 5.74) is 2.45. The van der Waals surface area contributed by atoms with Crippen molar-refractivity contribution in [3.8, 4) is 0 Å². The van der Waals surface area contributed by atoms with Crippen molar-refractivity contribution < 1.29 is 13.2 Å². The molecule has 5 nitrogen and oxygen atoms in total. The van der Waals surface area contributed by atoms with Crippen LogP contribution in [-0.2, 0) is 16.6 Å². The van der Waals surface area contributed by atoms with Crippen LogP contribution in [0.25, 0.3) is 0 Å². The zero-order valence-corrected chi connectivity index (χ0v) is 16.3. The number of carbonyl (C=O) groups excluding carboxylic acids is 1. The molecule has 0 bridgehead atoms. The van der Waals surface area contributed by atoms with E-state index in [1.165, 1.54) is 12.1 Å². The first-order chi connectivity index (χ1) is 12.3. The van der Waals surface area contributed by atoms with Gasteiger partial charge in [0.05, 0.1) is 4.90 Å². The van der Waals surface area contributed by atoms with Crippen molar-refractivity contribution in [1.82, 2.24) is 9.62 Å². The van der Waals surface area contributed by atoms with Crippen LogP contribution < -0.4 is 4.72 Å². The Morgan fingerprint density at radius 3 is 2.35 bits per heavy atom.